The molecule has 4 aliphatic rings. The Balaban J connectivity index is 1.24. The summed E-state index contributed by atoms with van der Waals surface area (Å²) in [6.07, 6.45) is 7.39. The Labute approximate surface area is 242 Å². The molecule has 4 heterocycles. The molecule has 5 N–H and O–H groups in total. The maximum absolute atomic E-state index is 14.1. The lowest BCUT2D eigenvalue weighted by Crippen LogP contribution is -2.51. The Morgan fingerprint density at radius 1 is 1.00 bits per heavy atom. The number of nitrogens with zero attached hydrogens (tertiary/aromatic N) is 3. The lowest BCUT2D eigenvalue weighted by molar-refractivity contribution is 0.228. The van der Waals surface area contributed by atoms with Gasteiger partial charge in [-0.1, -0.05) is 24.3 Å². The number of benzene rings is 2. The second kappa shape index (κ2) is 11.9. The smallest absolute Gasteiger partial charge is 0.327 e. The van der Waals surface area contributed by atoms with Gasteiger partial charge < -0.3 is 26.6 Å². The molecule has 10 nitrogen and oxygen atoms in total. The third kappa shape index (κ3) is 5.91. The third-order valence-corrected chi connectivity index (χ3v) is 10.4. The van der Waals surface area contributed by atoms with Crippen molar-refractivity contribution in [3.05, 3.63) is 77.5 Å². The second-order valence-electron chi connectivity index (χ2n) is 11.1. The van der Waals surface area contributed by atoms with Crippen LogP contribution in [0.4, 0.5) is 10.5 Å². The van der Waals surface area contributed by atoms with E-state index in [-0.39, 0.29) is 18.2 Å². The van der Waals surface area contributed by atoms with Crippen molar-refractivity contribution in [1.29, 1.82) is 0 Å². The zero-order valence-corrected chi connectivity index (χ0v) is 24.1. The highest BCUT2D eigenvalue weighted by atomic mass is 32.2. The fourth-order valence-electron chi connectivity index (χ4n) is 6.11. The SMILES string of the molecule is NCc1ccc(N2C=C3C=C(c4cccc(S(=O)(=O)N(CCN5CCCC5)C5CCNCC5)c4)NC3NC2=O)cc1. The lowest BCUT2D eigenvalue weighted by atomic mass is 10.1. The van der Waals surface area contributed by atoms with E-state index in [0.717, 1.165) is 73.6 Å². The first kappa shape index (κ1) is 27.9. The molecule has 218 valence electrons. The summed E-state index contributed by atoms with van der Waals surface area (Å²) in [5.74, 6) is 0. The van der Waals surface area contributed by atoms with Crippen molar-refractivity contribution in [3.63, 3.8) is 0 Å². The first-order chi connectivity index (χ1) is 19.9. The highest BCUT2D eigenvalue weighted by Crippen LogP contribution is 2.30. The van der Waals surface area contributed by atoms with E-state index in [4.69, 9.17) is 5.73 Å². The van der Waals surface area contributed by atoms with Crippen LogP contribution in [0.3, 0.4) is 0 Å². The summed E-state index contributed by atoms with van der Waals surface area (Å²) >= 11 is 0. The minimum absolute atomic E-state index is 0.00975. The van der Waals surface area contributed by atoms with Crippen LogP contribution in [0, 0.1) is 0 Å². The molecule has 41 heavy (non-hydrogen) atoms. The van der Waals surface area contributed by atoms with Gasteiger partial charge in [-0.3, -0.25) is 4.90 Å². The number of sulfonamides is 1. The average Bonchev–Trinajstić information content (AvgIpc) is 3.67. The number of hydrogen-bond donors (Lipinski definition) is 4. The number of carbonyl (C=O) groups excluding carboxylic acids is 1. The van der Waals surface area contributed by atoms with Crippen molar-refractivity contribution in [2.24, 2.45) is 5.73 Å². The quantitative estimate of drug-likeness (QED) is 0.361. The van der Waals surface area contributed by atoms with Gasteiger partial charge in [-0.05, 0) is 93.3 Å². The van der Waals surface area contributed by atoms with Crippen LogP contribution in [-0.2, 0) is 16.6 Å². The molecule has 0 aromatic heterocycles. The van der Waals surface area contributed by atoms with Crippen molar-refractivity contribution in [2.45, 2.75) is 49.3 Å². The summed E-state index contributed by atoms with van der Waals surface area (Å²) in [4.78, 5) is 17.1. The third-order valence-electron chi connectivity index (χ3n) is 8.46. The van der Waals surface area contributed by atoms with Gasteiger partial charge in [-0.15, -0.1) is 0 Å². The monoisotopic (exact) mass is 577 g/mol. The van der Waals surface area contributed by atoms with E-state index < -0.39 is 10.0 Å². The normalized spacial score (nSPS) is 21.9. The van der Waals surface area contributed by atoms with Crippen molar-refractivity contribution in [1.82, 2.24) is 25.2 Å². The van der Waals surface area contributed by atoms with Crippen molar-refractivity contribution in [2.75, 3.05) is 44.2 Å². The van der Waals surface area contributed by atoms with Gasteiger partial charge >= 0.3 is 6.03 Å². The summed E-state index contributed by atoms with van der Waals surface area (Å²) < 4.78 is 30.0. The van der Waals surface area contributed by atoms with E-state index in [0.29, 0.717) is 18.0 Å². The number of nitrogens with one attached hydrogen (secondary N) is 3. The van der Waals surface area contributed by atoms with E-state index in [1.54, 1.807) is 27.4 Å². The first-order valence-electron chi connectivity index (χ1n) is 14.6. The van der Waals surface area contributed by atoms with E-state index in [2.05, 4.69) is 20.9 Å². The van der Waals surface area contributed by atoms with Gasteiger partial charge in [0.2, 0.25) is 10.0 Å². The molecule has 1 unspecified atom stereocenters. The van der Waals surface area contributed by atoms with Crippen LogP contribution in [0.5, 0.6) is 0 Å². The number of likely N-dealkylation sites (tertiary alicyclic amines) is 1. The highest BCUT2D eigenvalue weighted by molar-refractivity contribution is 7.89. The number of piperidine rings is 1. The summed E-state index contributed by atoms with van der Waals surface area (Å²) in [6.45, 7) is 5.44. The molecular weight excluding hydrogens is 538 g/mol. The Hall–Kier alpha value is -3.22. The van der Waals surface area contributed by atoms with Crippen LogP contribution in [0.15, 0.2) is 71.3 Å². The Morgan fingerprint density at radius 2 is 1.76 bits per heavy atom. The summed E-state index contributed by atoms with van der Waals surface area (Å²) in [5.41, 5.74) is 9.87. The largest absolute Gasteiger partial charge is 0.361 e. The summed E-state index contributed by atoms with van der Waals surface area (Å²) in [6, 6.07) is 14.5. The predicted octanol–water partition coefficient (Wildman–Crippen LogP) is 2.37. The molecule has 2 aromatic carbocycles. The molecule has 0 bridgehead atoms. The lowest BCUT2D eigenvalue weighted by Gasteiger charge is -2.34. The van der Waals surface area contributed by atoms with Crippen molar-refractivity contribution >= 4 is 27.4 Å². The van der Waals surface area contributed by atoms with Crippen molar-refractivity contribution in [3.8, 4) is 0 Å². The number of amides is 2. The zero-order chi connectivity index (χ0) is 28.4. The second-order valence-corrected chi connectivity index (χ2v) is 13.0. The van der Waals surface area contributed by atoms with E-state index in [1.807, 2.05) is 42.6 Å². The highest BCUT2D eigenvalue weighted by Gasteiger charge is 2.34. The van der Waals surface area contributed by atoms with Gasteiger partial charge in [0.05, 0.1) is 10.6 Å². The number of anilines is 1. The molecule has 2 aromatic rings. The van der Waals surface area contributed by atoms with E-state index in [1.165, 1.54) is 12.8 Å². The average molecular weight is 578 g/mol. The standard InChI is InChI=1S/C30H39N7O3S/c31-20-22-6-8-25(9-7-22)36-21-24-19-28(33-29(24)34-30(36)38)23-4-3-5-27(18-23)41(39,40)37(26-10-12-32-13-11-26)17-16-35-14-1-2-15-35/h3-9,18-19,21,26,29,32-33H,1-2,10-17,20,31H2,(H,34,38). The van der Waals surface area contributed by atoms with Crippen LogP contribution in [-0.4, -0.2) is 75.1 Å². The topological polar surface area (TPSA) is 123 Å². The van der Waals surface area contributed by atoms with Gasteiger partial charge in [0.1, 0.15) is 6.17 Å². The number of nitrogens with two attached hydrogens (primary N) is 1. The molecule has 6 rings (SSSR count). The van der Waals surface area contributed by atoms with Crippen LogP contribution in [0.2, 0.25) is 0 Å². The molecule has 4 aliphatic heterocycles. The van der Waals surface area contributed by atoms with E-state index in [9.17, 15) is 13.2 Å². The zero-order valence-electron chi connectivity index (χ0n) is 23.3. The Kier molecular flexibility index (Phi) is 8.14. The molecule has 0 aliphatic carbocycles. The molecule has 2 amide bonds. The fourth-order valence-corrected chi connectivity index (χ4v) is 7.84. The molecule has 11 heteroatoms. The van der Waals surface area contributed by atoms with Gasteiger partial charge in [0.25, 0.3) is 0 Å². The van der Waals surface area contributed by atoms with Crippen LogP contribution in [0.25, 0.3) is 5.70 Å². The summed E-state index contributed by atoms with van der Waals surface area (Å²) in [7, 11) is -3.71. The van der Waals surface area contributed by atoms with Crippen LogP contribution < -0.4 is 26.6 Å². The number of rotatable bonds is 9. The van der Waals surface area contributed by atoms with E-state index >= 15 is 0 Å². The van der Waals surface area contributed by atoms with Gasteiger partial charge in [-0.2, -0.15) is 4.31 Å². The molecule has 1 atom stereocenters. The maximum Gasteiger partial charge on any atom is 0.327 e. The Morgan fingerprint density at radius 3 is 2.49 bits per heavy atom. The minimum atomic E-state index is -3.71. The van der Waals surface area contributed by atoms with Gasteiger partial charge in [-0.25, -0.2) is 13.2 Å². The first-order valence-corrected chi connectivity index (χ1v) is 16.0. The molecule has 2 fully saturated rings. The molecule has 0 spiro atoms. The molecular formula is C30H39N7O3S. The molecule has 2 saturated heterocycles. The molecule has 0 saturated carbocycles. The van der Waals surface area contributed by atoms with Crippen LogP contribution in [0.1, 0.15) is 36.8 Å². The number of carbonyl (C=O) groups is 1. The Bertz CT molecular complexity index is 1430. The number of hydrogen-bond acceptors (Lipinski definition) is 7. The van der Waals surface area contributed by atoms with Gasteiger partial charge in [0, 0.05) is 43.1 Å². The maximum atomic E-state index is 14.1. The number of urea groups is 1. The molecule has 0 radical (unpaired) electrons. The predicted molar refractivity (Wildman–Crippen MR) is 160 cm³/mol. The number of fused-ring (bicyclic) bond motifs is 1. The summed E-state index contributed by atoms with van der Waals surface area (Å²) in [5, 5.41) is 9.72. The fraction of sp³-hybridized carbons (Fsp3) is 0.433. The van der Waals surface area contributed by atoms with Crippen LogP contribution >= 0.6 is 0 Å². The van der Waals surface area contributed by atoms with Gasteiger partial charge in [0.15, 0.2) is 0 Å². The van der Waals surface area contributed by atoms with Crippen molar-refractivity contribution < 1.29 is 13.2 Å². The minimum Gasteiger partial charge on any atom is -0.361 e.